The third-order valence-corrected chi connectivity index (χ3v) is 3.39. The van der Waals surface area contributed by atoms with Gasteiger partial charge in [-0.2, -0.15) is 0 Å². The molecule has 0 saturated heterocycles. The van der Waals surface area contributed by atoms with Gasteiger partial charge in [-0.05, 0) is 37.5 Å². The van der Waals surface area contributed by atoms with Crippen molar-refractivity contribution < 1.29 is 9.53 Å². The van der Waals surface area contributed by atoms with E-state index in [9.17, 15) is 4.79 Å². The Bertz CT molecular complexity index is 431. The monoisotopic (exact) mass is 234 g/mol. The fourth-order valence-corrected chi connectivity index (χ4v) is 1.88. The molecule has 2 heteroatoms. The van der Waals surface area contributed by atoms with Crippen LogP contribution in [-0.4, -0.2) is 12.9 Å². The molecule has 0 aliphatic carbocycles. The van der Waals surface area contributed by atoms with Crippen LogP contribution in [0.15, 0.2) is 12.1 Å². The lowest BCUT2D eigenvalue weighted by Gasteiger charge is -2.23. The lowest BCUT2D eigenvalue weighted by atomic mass is 9.80. The summed E-state index contributed by atoms with van der Waals surface area (Å²) in [6, 6.07) is 3.95. The Morgan fingerprint density at radius 1 is 1.29 bits per heavy atom. The summed E-state index contributed by atoms with van der Waals surface area (Å²) < 4.78 is 5.35. The summed E-state index contributed by atoms with van der Waals surface area (Å²) in [7, 11) is 1.62. The van der Waals surface area contributed by atoms with E-state index in [1.807, 2.05) is 46.8 Å². The SMILES string of the molecule is CCC(C)(C)C(=O)c1c(C)cc(C)cc1OC. The van der Waals surface area contributed by atoms with Gasteiger partial charge in [0.25, 0.3) is 0 Å². The summed E-state index contributed by atoms with van der Waals surface area (Å²) in [4.78, 5) is 12.5. The van der Waals surface area contributed by atoms with Gasteiger partial charge in [0.2, 0.25) is 0 Å². The number of hydrogen-bond donors (Lipinski definition) is 0. The predicted octanol–water partition coefficient (Wildman–Crippen LogP) is 3.93. The number of carbonyl (C=O) groups excluding carboxylic acids is 1. The van der Waals surface area contributed by atoms with E-state index in [-0.39, 0.29) is 11.2 Å². The quantitative estimate of drug-likeness (QED) is 0.738. The molecule has 0 amide bonds. The molecule has 0 fully saturated rings. The second-order valence-corrected chi connectivity index (χ2v) is 5.23. The van der Waals surface area contributed by atoms with Gasteiger partial charge in [-0.15, -0.1) is 0 Å². The minimum Gasteiger partial charge on any atom is -0.496 e. The number of methoxy groups -OCH3 is 1. The molecule has 0 unspecified atom stereocenters. The van der Waals surface area contributed by atoms with Crippen molar-refractivity contribution in [3.05, 3.63) is 28.8 Å². The zero-order valence-electron chi connectivity index (χ0n) is 11.7. The van der Waals surface area contributed by atoms with E-state index in [4.69, 9.17) is 4.74 Å². The van der Waals surface area contributed by atoms with Crippen molar-refractivity contribution in [3.8, 4) is 5.75 Å². The molecule has 0 atom stereocenters. The van der Waals surface area contributed by atoms with Crippen LogP contribution in [0.5, 0.6) is 5.75 Å². The molecule has 0 bridgehead atoms. The van der Waals surface area contributed by atoms with Crippen LogP contribution in [0.1, 0.15) is 48.7 Å². The summed E-state index contributed by atoms with van der Waals surface area (Å²) in [6.45, 7) is 9.97. The van der Waals surface area contributed by atoms with Gasteiger partial charge in [-0.1, -0.05) is 26.8 Å². The summed E-state index contributed by atoms with van der Waals surface area (Å²) >= 11 is 0. The Morgan fingerprint density at radius 2 is 1.88 bits per heavy atom. The van der Waals surface area contributed by atoms with Crippen molar-refractivity contribution in [1.82, 2.24) is 0 Å². The topological polar surface area (TPSA) is 26.3 Å². The molecular weight excluding hydrogens is 212 g/mol. The molecule has 0 aliphatic heterocycles. The molecule has 0 aliphatic rings. The van der Waals surface area contributed by atoms with E-state index >= 15 is 0 Å². The first-order chi connectivity index (χ1) is 7.83. The lowest BCUT2D eigenvalue weighted by molar-refractivity contribution is 0.0829. The molecule has 1 aromatic rings. The summed E-state index contributed by atoms with van der Waals surface area (Å²) in [5.41, 5.74) is 2.50. The van der Waals surface area contributed by atoms with Crippen LogP contribution >= 0.6 is 0 Å². The first-order valence-corrected chi connectivity index (χ1v) is 6.03. The zero-order chi connectivity index (χ0) is 13.2. The Balaban J connectivity index is 3.36. The highest BCUT2D eigenvalue weighted by Crippen LogP contribution is 2.33. The normalized spacial score (nSPS) is 11.4. The van der Waals surface area contributed by atoms with E-state index < -0.39 is 0 Å². The average Bonchev–Trinajstić information content (AvgIpc) is 2.27. The van der Waals surface area contributed by atoms with Crippen molar-refractivity contribution >= 4 is 5.78 Å². The van der Waals surface area contributed by atoms with Crippen LogP contribution < -0.4 is 4.74 Å². The summed E-state index contributed by atoms with van der Waals surface area (Å²) in [6.07, 6.45) is 0.822. The van der Waals surface area contributed by atoms with Gasteiger partial charge in [0.05, 0.1) is 12.7 Å². The number of hydrogen-bond acceptors (Lipinski definition) is 2. The maximum atomic E-state index is 12.5. The predicted molar refractivity (Wildman–Crippen MR) is 70.9 cm³/mol. The van der Waals surface area contributed by atoms with E-state index in [2.05, 4.69) is 0 Å². The maximum absolute atomic E-state index is 12.5. The second-order valence-electron chi connectivity index (χ2n) is 5.23. The molecule has 0 N–H and O–H groups in total. The molecule has 0 heterocycles. The Kier molecular flexibility index (Phi) is 3.97. The molecule has 0 saturated carbocycles. The van der Waals surface area contributed by atoms with Gasteiger partial charge in [-0.25, -0.2) is 0 Å². The molecular formula is C15H22O2. The van der Waals surface area contributed by atoms with Gasteiger partial charge in [0.1, 0.15) is 5.75 Å². The van der Waals surface area contributed by atoms with E-state index in [1.54, 1.807) is 7.11 Å². The largest absolute Gasteiger partial charge is 0.496 e. The number of rotatable bonds is 4. The minimum absolute atomic E-state index is 0.161. The fraction of sp³-hybridized carbons (Fsp3) is 0.533. The van der Waals surface area contributed by atoms with Crippen LogP contribution in [0.4, 0.5) is 0 Å². The van der Waals surface area contributed by atoms with Crippen molar-refractivity contribution in [2.45, 2.75) is 41.0 Å². The number of ketones is 1. The van der Waals surface area contributed by atoms with E-state index in [1.165, 1.54) is 0 Å². The molecule has 94 valence electrons. The fourth-order valence-electron chi connectivity index (χ4n) is 1.88. The van der Waals surface area contributed by atoms with Crippen LogP contribution in [0, 0.1) is 19.3 Å². The highest BCUT2D eigenvalue weighted by atomic mass is 16.5. The number of carbonyl (C=O) groups is 1. The molecule has 1 aromatic carbocycles. The minimum atomic E-state index is -0.340. The molecule has 2 nitrogen and oxygen atoms in total. The number of benzene rings is 1. The molecule has 0 spiro atoms. The Labute approximate surface area is 104 Å². The Hall–Kier alpha value is -1.31. The number of Topliss-reactive ketones (excluding diaryl/α,β-unsaturated/α-hetero) is 1. The molecule has 0 aromatic heterocycles. The average molecular weight is 234 g/mol. The highest BCUT2D eigenvalue weighted by molar-refractivity contribution is 6.03. The van der Waals surface area contributed by atoms with Crippen molar-refractivity contribution in [2.75, 3.05) is 7.11 Å². The first kappa shape index (κ1) is 13.8. The number of ether oxygens (including phenoxy) is 1. The van der Waals surface area contributed by atoms with Crippen molar-refractivity contribution in [1.29, 1.82) is 0 Å². The van der Waals surface area contributed by atoms with Gasteiger partial charge in [0.15, 0.2) is 5.78 Å². The van der Waals surface area contributed by atoms with Crippen LogP contribution in [0.25, 0.3) is 0 Å². The maximum Gasteiger partial charge on any atom is 0.172 e. The number of aryl methyl sites for hydroxylation is 2. The zero-order valence-corrected chi connectivity index (χ0v) is 11.7. The highest BCUT2D eigenvalue weighted by Gasteiger charge is 2.30. The molecule has 0 radical (unpaired) electrons. The summed E-state index contributed by atoms with van der Waals surface area (Å²) in [5.74, 6) is 0.850. The van der Waals surface area contributed by atoms with Gasteiger partial charge >= 0.3 is 0 Å². The summed E-state index contributed by atoms with van der Waals surface area (Å²) in [5, 5.41) is 0. The molecule has 17 heavy (non-hydrogen) atoms. The van der Waals surface area contributed by atoms with Crippen LogP contribution in [0.2, 0.25) is 0 Å². The van der Waals surface area contributed by atoms with Crippen molar-refractivity contribution in [3.63, 3.8) is 0 Å². The first-order valence-electron chi connectivity index (χ1n) is 6.03. The van der Waals surface area contributed by atoms with E-state index in [0.29, 0.717) is 5.75 Å². The van der Waals surface area contributed by atoms with Gasteiger partial charge in [-0.3, -0.25) is 4.79 Å². The standard InChI is InChI=1S/C15H22O2/c1-7-15(4,5)14(16)13-11(3)8-10(2)9-12(13)17-6/h8-9H,7H2,1-6H3. The van der Waals surface area contributed by atoms with Crippen LogP contribution in [-0.2, 0) is 0 Å². The Morgan fingerprint density at radius 3 is 2.35 bits per heavy atom. The van der Waals surface area contributed by atoms with Crippen LogP contribution in [0.3, 0.4) is 0 Å². The third-order valence-electron chi connectivity index (χ3n) is 3.39. The van der Waals surface area contributed by atoms with E-state index in [0.717, 1.165) is 23.1 Å². The lowest BCUT2D eigenvalue weighted by Crippen LogP contribution is -2.24. The second kappa shape index (κ2) is 4.91. The van der Waals surface area contributed by atoms with Gasteiger partial charge < -0.3 is 4.74 Å². The smallest absolute Gasteiger partial charge is 0.172 e. The van der Waals surface area contributed by atoms with Crippen molar-refractivity contribution in [2.24, 2.45) is 5.41 Å². The molecule has 1 rings (SSSR count). The third kappa shape index (κ3) is 2.68. The van der Waals surface area contributed by atoms with Gasteiger partial charge in [0, 0.05) is 5.41 Å².